The van der Waals surface area contributed by atoms with Gasteiger partial charge in [-0.05, 0) is 30.1 Å². The standard InChI is InChI=1S/C15H20N4O/c1-18(2)15-16-14(20-17-15)13-9-6-10-19(13)11-12-7-4-3-5-8-12/h3-5,7-8,13H,6,9-11H2,1-2H3. The van der Waals surface area contributed by atoms with Crippen LogP contribution in [0.5, 0.6) is 0 Å². The lowest BCUT2D eigenvalue weighted by molar-refractivity contribution is 0.201. The molecule has 0 saturated carbocycles. The molecule has 0 N–H and O–H groups in total. The summed E-state index contributed by atoms with van der Waals surface area (Å²) in [6.45, 7) is 2.02. The molecule has 0 spiro atoms. The molecule has 2 aromatic rings. The summed E-state index contributed by atoms with van der Waals surface area (Å²) in [5.74, 6) is 1.38. The summed E-state index contributed by atoms with van der Waals surface area (Å²) < 4.78 is 5.43. The average Bonchev–Trinajstić information content (AvgIpc) is 3.08. The summed E-state index contributed by atoms with van der Waals surface area (Å²) in [5.41, 5.74) is 1.33. The van der Waals surface area contributed by atoms with Crippen molar-refractivity contribution in [1.82, 2.24) is 15.0 Å². The first kappa shape index (κ1) is 13.1. The topological polar surface area (TPSA) is 45.4 Å². The lowest BCUT2D eigenvalue weighted by Crippen LogP contribution is -2.23. The van der Waals surface area contributed by atoms with E-state index >= 15 is 0 Å². The van der Waals surface area contributed by atoms with Gasteiger partial charge in [-0.15, -0.1) is 0 Å². The van der Waals surface area contributed by atoms with Crippen LogP contribution in [-0.4, -0.2) is 35.7 Å². The van der Waals surface area contributed by atoms with Crippen LogP contribution in [0.4, 0.5) is 5.95 Å². The number of likely N-dealkylation sites (tertiary alicyclic amines) is 1. The molecule has 1 atom stereocenters. The number of hydrogen-bond acceptors (Lipinski definition) is 5. The highest BCUT2D eigenvalue weighted by molar-refractivity contribution is 5.24. The van der Waals surface area contributed by atoms with E-state index in [1.807, 2.05) is 25.1 Å². The Morgan fingerprint density at radius 2 is 2.10 bits per heavy atom. The summed E-state index contributed by atoms with van der Waals surface area (Å²) in [6, 6.07) is 10.8. The molecule has 1 aliphatic rings. The van der Waals surface area contributed by atoms with Crippen LogP contribution in [0.1, 0.15) is 30.3 Å². The Bertz CT molecular complexity index is 552. The number of rotatable bonds is 4. The van der Waals surface area contributed by atoms with Crippen LogP contribution in [0.3, 0.4) is 0 Å². The number of anilines is 1. The maximum atomic E-state index is 5.43. The van der Waals surface area contributed by atoms with Gasteiger partial charge in [0.2, 0.25) is 5.89 Å². The van der Waals surface area contributed by atoms with Crippen molar-refractivity contribution in [3.8, 4) is 0 Å². The van der Waals surface area contributed by atoms with Gasteiger partial charge in [-0.25, -0.2) is 0 Å². The number of benzene rings is 1. The highest BCUT2D eigenvalue weighted by atomic mass is 16.5. The van der Waals surface area contributed by atoms with Crippen LogP contribution in [-0.2, 0) is 6.54 Å². The fourth-order valence-corrected chi connectivity index (χ4v) is 2.66. The second kappa shape index (κ2) is 5.63. The van der Waals surface area contributed by atoms with Crippen LogP contribution in [0, 0.1) is 0 Å². The lowest BCUT2D eigenvalue weighted by atomic mass is 10.2. The van der Waals surface area contributed by atoms with Gasteiger partial charge in [0.15, 0.2) is 0 Å². The van der Waals surface area contributed by atoms with Crippen molar-refractivity contribution in [2.45, 2.75) is 25.4 Å². The maximum Gasteiger partial charge on any atom is 0.265 e. The van der Waals surface area contributed by atoms with Crippen LogP contribution >= 0.6 is 0 Å². The van der Waals surface area contributed by atoms with E-state index in [0.717, 1.165) is 25.4 Å². The largest absolute Gasteiger partial charge is 0.344 e. The van der Waals surface area contributed by atoms with Gasteiger partial charge in [-0.1, -0.05) is 30.3 Å². The van der Waals surface area contributed by atoms with Crippen molar-refractivity contribution >= 4 is 5.95 Å². The molecule has 0 bridgehead atoms. The molecule has 1 aromatic heterocycles. The number of nitrogens with zero attached hydrogens (tertiary/aromatic N) is 4. The van der Waals surface area contributed by atoms with E-state index in [0.29, 0.717) is 5.95 Å². The highest BCUT2D eigenvalue weighted by Crippen LogP contribution is 2.32. The first-order valence-electron chi connectivity index (χ1n) is 7.03. The molecule has 5 nitrogen and oxygen atoms in total. The lowest BCUT2D eigenvalue weighted by Gasteiger charge is -2.21. The average molecular weight is 272 g/mol. The van der Waals surface area contributed by atoms with E-state index in [9.17, 15) is 0 Å². The summed E-state index contributed by atoms with van der Waals surface area (Å²) in [5, 5.41) is 4.01. The van der Waals surface area contributed by atoms with Crippen LogP contribution in [0.15, 0.2) is 34.9 Å². The molecule has 1 aliphatic heterocycles. The Morgan fingerprint density at radius 3 is 2.80 bits per heavy atom. The summed E-state index contributed by atoms with van der Waals surface area (Å²) in [7, 11) is 3.84. The van der Waals surface area contributed by atoms with Gasteiger partial charge in [-0.2, -0.15) is 4.98 Å². The Labute approximate surface area is 119 Å². The fourth-order valence-electron chi connectivity index (χ4n) is 2.66. The third-order valence-electron chi connectivity index (χ3n) is 3.71. The normalized spacial score (nSPS) is 19.4. The van der Waals surface area contributed by atoms with Gasteiger partial charge in [0.25, 0.3) is 5.95 Å². The molecule has 106 valence electrons. The van der Waals surface area contributed by atoms with E-state index < -0.39 is 0 Å². The van der Waals surface area contributed by atoms with E-state index in [1.165, 1.54) is 12.0 Å². The predicted octanol–water partition coefficient (Wildman–Crippen LogP) is 2.47. The van der Waals surface area contributed by atoms with E-state index in [2.05, 4.69) is 39.3 Å². The molecule has 3 rings (SSSR count). The minimum absolute atomic E-state index is 0.247. The molecule has 1 saturated heterocycles. The number of hydrogen-bond donors (Lipinski definition) is 0. The minimum Gasteiger partial charge on any atom is -0.344 e. The van der Waals surface area contributed by atoms with Gasteiger partial charge in [0.05, 0.1) is 6.04 Å². The Hall–Kier alpha value is -1.88. The van der Waals surface area contributed by atoms with Crippen molar-refractivity contribution in [3.63, 3.8) is 0 Å². The van der Waals surface area contributed by atoms with Crippen molar-refractivity contribution in [2.75, 3.05) is 25.5 Å². The summed E-state index contributed by atoms with van der Waals surface area (Å²) >= 11 is 0. The van der Waals surface area contributed by atoms with Crippen molar-refractivity contribution < 1.29 is 4.52 Å². The molecule has 0 radical (unpaired) electrons. The molecule has 1 unspecified atom stereocenters. The molecule has 2 heterocycles. The first-order chi connectivity index (χ1) is 9.74. The monoisotopic (exact) mass is 272 g/mol. The first-order valence-corrected chi connectivity index (χ1v) is 7.03. The van der Waals surface area contributed by atoms with E-state index in [4.69, 9.17) is 4.52 Å². The second-order valence-corrected chi connectivity index (χ2v) is 5.44. The maximum absolute atomic E-state index is 5.43. The minimum atomic E-state index is 0.247. The van der Waals surface area contributed by atoms with E-state index in [-0.39, 0.29) is 6.04 Å². The van der Waals surface area contributed by atoms with Gasteiger partial charge in [0.1, 0.15) is 0 Å². The van der Waals surface area contributed by atoms with Gasteiger partial charge >= 0.3 is 0 Å². The molecule has 20 heavy (non-hydrogen) atoms. The Balaban J connectivity index is 1.74. The van der Waals surface area contributed by atoms with Crippen molar-refractivity contribution in [2.24, 2.45) is 0 Å². The van der Waals surface area contributed by atoms with Gasteiger partial charge in [-0.3, -0.25) is 4.90 Å². The highest BCUT2D eigenvalue weighted by Gasteiger charge is 2.30. The SMILES string of the molecule is CN(C)c1noc(C2CCCN2Cc2ccccc2)n1. The van der Waals surface area contributed by atoms with Crippen molar-refractivity contribution in [1.29, 1.82) is 0 Å². The summed E-state index contributed by atoms with van der Waals surface area (Å²) in [6.07, 6.45) is 2.26. The zero-order valence-electron chi connectivity index (χ0n) is 12.0. The quantitative estimate of drug-likeness (QED) is 0.855. The number of aromatic nitrogens is 2. The van der Waals surface area contributed by atoms with Crippen LogP contribution in [0.2, 0.25) is 0 Å². The van der Waals surface area contributed by atoms with Crippen LogP contribution in [0.25, 0.3) is 0 Å². The predicted molar refractivity (Wildman–Crippen MR) is 77.5 cm³/mol. The Kier molecular flexibility index (Phi) is 3.69. The third kappa shape index (κ3) is 2.67. The molecule has 1 fully saturated rings. The molecule has 1 aromatic carbocycles. The summed E-state index contributed by atoms with van der Waals surface area (Å²) in [4.78, 5) is 8.77. The zero-order valence-corrected chi connectivity index (χ0v) is 12.0. The smallest absolute Gasteiger partial charge is 0.265 e. The van der Waals surface area contributed by atoms with Crippen molar-refractivity contribution in [3.05, 3.63) is 41.8 Å². The van der Waals surface area contributed by atoms with Crippen LogP contribution < -0.4 is 4.90 Å². The molecular formula is C15H20N4O. The second-order valence-electron chi connectivity index (χ2n) is 5.44. The fraction of sp³-hybridized carbons (Fsp3) is 0.467. The zero-order chi connectivity index (χ0) is 13.9. The molecule has 0 aliphatic carbocycles. The third-order valence-corrected chi connectivity index (χ3v) is 3.71. The van der Waals surface area contributed by atoms with Gasteiger partial charge in [0, 0.05) is 20.6 Å². The Morgan fingerprint density at radius 1 is 1.30 bits per heavy atom. The molecule has 5 heteroatoms. The molecular weight excluding hydrogens is 252 g/mol. The van der Waals surface area contributed by atoms with E-state index in [1.54, 1.807) is 0 Å². The molecule has 0 amide bonds. The van der Waals surface area contributed by atoms with Gasteiger partial charge < -0.3 is 9.42 Å².